The van der Waals surface area contributed by atoms with Crippen molar-refractivity contribution >= 4 is 27.5 Å². The van der Waals surface area contributed by atoms with Crippen molar-refractivity contribution in [1.82, 2.24) is 4.57 Å². The van der Waals surface area contributed by atoms with Gasteiger partial charge in [-0.25, -0.2) is 0 Å². The first-order valence-electron chi connectivity index (χ1n) is 9.28. The molecule has 0 aliphatic carbocycles. The molecule has 2 atom stereocenters. The lowest BCUT2D eigenvalue weighted by Gasteiger charge is -2.29. The minimum Gasteiger partial charge on any atom is -0.497 e. The lowest BCUT2D eigenvalue weighted by atomic mass is 10.1. The lowest BCUT2D eigenvalue weighted by Crippen LogP contribution is -2.43. The highest BCUT2D eigenvalue weighted by atomic mass is 32.1. The Bertz CT molecular complexity index is 1100. The van der Waals surface area contributed by atoms with Crippen LogP contribution in [0.25, 0.3) is 10.2 Å². The summed E-state index contributed by atoms with van der Waals surface area (Å²) in [6, 6.07) is 13.1. The van der Waals surface area contributed by atoms with Crippen molar-refractivity contribution in [3.63, 3.8) is 0 Å². The van der Waals surface area contributed by atoms with Crippen molar-refractivity contribution in [2.75, 3.05) is 20.8 Å². The highest BCUT2D eigenvalue weighted by molar-refractivity contribution is 7.16. The van der Waals surface area contributed by atoms with Gasteiger partial charge in [0, 0.05) is 13.7 Å². The van der Waals surface area contributed by atoms with Gasteiger partial charge in [0.05, 0.1) is 23.9 Å². The van der Waals surface area contributed by atoms with Crippen LogP contribution in [-0.4, -0.2) is 43.5 Å². The summed E-state index contributed by atoms with van der Waals surface area (Å²) in [7, 11) is 3.27. The van der Waals surface area contributed by atoms with Gasteiger partial charge in [0.1, 0.15) is 11.9 Å². The molecule has 29 heavy (non-hydrogen) atoms. The molecule has 1 amide bonds. The first-order chi connectivity index (χ1) is 14.1. The number of amides is 1. The summed E-state index contributed by atoms with van der Waals surface area (Å²) in [4.78, 5) is 18.0. The normalized spacial score (nSPS) is 18.8. The molecule has 7 nitrogen and oxygen atoms in total. The van der Waals surface area contributed by atoms with Gasteiger partial charge in [0.25, 0.3) is 5.91 Å². The Labute approximate surface area is 172 Å². The summed E-state index contributed by atoms with van der Waals surface area (Å²) in [5.41, 5.74) is 0.971. The molecule has 0 bridgehead atoms. The molecular formula is C21H22N2O5S. The number of ether oxygens (including phenoxy) is 4. The predicted molar refractivity (Wildman–Crippen MR) is 110 cm³/mol. The third-order valence-corrected chi connectivity index (χ3v) is 5.74. The van der Waals surface area contributed by atoms with E-state index in [1.807, 2.05) is 47.9 Å². The number of carbonyl (C=O) groups excluding carboxylic acids is 1. The van der Waals surface area contributed by atoms with Crippen LogP contribution in [0.2, 0.25) is 0 Å². The molecule has 2 aromatic carbocycles. The summed E-state index contributed by atoms with van der Waals surface area (Å²) in [5, 5.41) is 0. The van der Waals surface area contributed by atoms with E-state index in [0.29, 0.717) is 29.5 Å². The second-order valence-corrected chi connectivity index (χ2v) is 7.63. The van der Waals surface area contributed by atoms with E-state index < -0.39 is 12.2 Å². The summed E-state index contributed by atoms with van der Waals surface area (Å²) in [5.74, 6) is 1.56. The molecule has 1 aromatic heterocycles. The van der Waals surface area contributed by atoms with E-state index in [1.54, 1.807) is 20.3 Å². The van der Waals surface area contributed by atoms with Gasteiger partial charge in [-0.2, -0.15) is 4.99 Å². The molecule has 0 fully saturated rings. The van der Waals surface area contributed by atoms with E-state index in [9.17, 15) is 4.79 Å². The fourth-order valence-corrected chi connectivity index (χ4v) is 4.30. The van der Waals surface area contributed by atoms with Crippen LogP contribution in [0.1, 0.15) is 6.92 Å². The number of para-hydroxylation sites is 2. The van der Waals surface area contributed by atoms with Crippen LogP contribution < -0.4 is 19.0 Å². The Morgan fingerprint density at radius 3 is 2.66 bits per heavy atom. The molecule has 1 aliphatic rings. The summed E-state index contributed by atoms with van der Waals surface area (Å²) in [6.45, 7) is 2.89. The zero-order valence-electron chi connectivity index (χ0n) is 16.5. The molecule has 0 N–H and O–H groups in total. The number of thiazole rings is 1. The Kier molecular flexibility index (Phi) is 5.55. The maximum atomic E-state index is 13.0. The number of hydrogen-bond donors (Lipinski definition) is 0. The standard InChI is InChI=1S/C21H22N2O5S/c1-13-19(28-17-7-5-4-6-16(17)27-13)20(24)22-21-23(10-11-25-2)15-9-8-14(26-3)12-18(15)29-21/h4-9,12-13,19H,10-11H2,1-3H3. The summed E-state index contributed by atoms with van der Waals surface area (Å²) < 4.78 is 25.2. The van der Waals surface area contributed by atoms with E-state index >= 15 is 0 Å². The Hall–Kier alpha value is -2.84. The highest BCUT2D eigenvalue weighted by Crippen LogP contribution is 2.33. The second kappa shape index (κ2) is 8.26. The number of carbonyl (C=O) groups is 1. The van der Waals surface area contributed by atoms with Crippen LogP contribution >= 0.6 is 11.3 Å². The maximum Gasteiger partial charge on any atom is 0.293 e. The van der Waals surface area contributed by atoms with E-state index in [2.05, 4.69) is 4.99 Å². The van der Waals surface area contributed by atoms with Crippen LogP contribution in [0.4, 0.5) is 0 Å². The van der Waals surface area contributed by atoms with Gasteiger partial charge in [-0.1, -0.05) is 23.5 Å². The fourth-order valence-electron chi connectivity index (χ4n) is 3.21. The molecule has 2 unspecified atom stereocenters. The fraction of sp³-hybridized carbons (Fsp3) is 0.333. The lowest BCUT2D eigenvalue weighted by molar-refractivity contribution is -0.130. The number of hydrogen-bond acceptors (Lipinski definition) is 6. The number of rotatable bonds is 5. The Morgan fingerprint density at radius 1 is 1.17 bits per heavy atom. The zero-order chi connectivity index (χ0) is 20.4. The topological polar surface area (TPSA) is 71.3 Å². The molecule has 0 saturated carbocycles. The molecule has 8 heteroatoms. The first-order valence-corrected chi connectivity index (χ1v) is 10.1. The minimum atomic E-state index is -0.805. The first kappa shape index (κ1) is 19.5. The van der Waals surface area contributed by atoms with Crippen molar-refractivity contribution in [3.05, 3.63) is 47.3 Å². The molecule has 3 aromatic rings. The van der Waals surface area contributed by atoms with Gasteiger partial charge in [0.2, 0.25) is 6.10 Å². The SMILES string of the molecule is COCCn1c(=NC(=O)C2Oc3ccccc3OC2C)sc2cc(OC)ccc21. The molecule has 1 aliphatic heterocycles. The molecular weight excluding hydrogens is 392 g/mol. The van der Waals surface area contributed by atoms with Crippen LogP contribution in [0.15, 0.2) is 47.5 Å². The molecule has 4 rings (SSSR count). The summed E-state index contributed by atoms with van der Waals surface area (Å²) >= 11 is 1.43. The van der Waals surface area contributed by atoms with Gasteiger partial charge in [-0.3, -0.25) is 4.79 Å². The molecule has 2 heterocycles. The highest BCUT2D eigenvalue weighted by Gasteiger charge is 2.34. The average molecular weight is 414 g/mol. The van der Waals surface area contributed by atoms with E-state index in [1.165, 1.54) is 11.3 Å². The third-order valence-electron chi connectivity index (χ3n) is 4.70. The quantitative estimate of drug-likeness (QED) is 0.642. The molecule has 0 saturated heterocycles. The van der Waals surface area contributed by atoms with Crippen molar-refractivity contribution < 1.29 is 23.7 Å². The summed E-state index contributed by atoms with van der Waals surface area (Å²) in [6.07, 6.45) is -1.25. The minimum absolute atomic E-state index is 0.378. The number of aromatic nitrogens is 1. The van der Waals surface area contributed by atoms with Crippen LogP contribution in [0.5, 0.6) is 17.2 Å². The van der Waals surface area contributed by atoms with E-state index in [0.717, 1.165) is 16.0 Å². The smallest absolute Gasteiger partial charge is 0.293 e. The van der Waals surface area contributed by atoms with E-state index in [-0.39, 0.29) is 5.91 Å². The van der Waals surface area contributed by atoms with Crippen molar-refractivity contribution in [2.45, 2.75) is 25.7 Å². The van der Waals surface area contributed by atoms with Gasteiger partial charge in [0.15, 0.2) is 16.3 Å². The van der Waals surface area contributed by atoms with Gasteiger partial charge >= 0.3 is 0 Å². The van der Waals surface area contributed by atoms with Crippen LogP contribution in [0.3, 0.4) is 0 Å². The number of methoxy groups -OCH3 is 2. The Morgan fingerprint density at radius 2 is 1.93 bits per heavy atom. The van der Waals surface area contributed by atoms with Crippen LogP contribution in [0, 0.1) is 0 Å². The third kappa shape index (κ3) is 3.86. The van der Waals surface area contributed by atoms with E-state index in [4.69, 9.17) is 18.9 Å². The number of benzene rings is 2. The average Bonchev–Trinajstić information content (AvgIpc) is 3.07. The maximum absolute atomic E-state index is 13.0. The predicted octanol–water partition coefficient (Wildman–Crippen LogP) is 3.01. The zero-order valence-corrected chi connectivity index (χ0v) is 17.3. The van der Waals surface area contributed by atoms with Gasteiger partial charge < -0.3 is 23.5 Å². The monoisotopic (exact) mass is 414 g/mol. The van der Waals surface area contributed by atoms with Gasteiger partial charge in [-0.05, 0) is 37.3 Å². The number of nitrogens with zero attached hydrogens (tertiary/aromatic N) is 2. The van der Waals surface area contributed by atoms with Crippen molar-refractivity contribution in [1.29, 1.82) is 0 Å². The molecule has 152 valence electrons. The largest absolute Gasteiger partial charge is 0.497 e. The molecule has 0 spiro atoms. The number of fused-ring (bicyclic) bond motifs is 2. The van der Waals surface area contributed by atoms with Gasteiger partial charge in [-0.15, -0.1) is 0 Å². The molecule has 0 radical (unpaired) electrons. The van der Waals surface area contributed by atoms with Crippen molar-refractivity contribution in [3.8, 4) is 17.2 Å². The second-order valence-electron chi connectivity index (χ2n) is 6.62. The Balaban J connectivity index is 1.72. The van der Waals surface area contributed by atoms with Crippen molar-refractivity contribution in [2.24, 2.45) is 4.99 Å². The van der Waals surface area contributed by atoms with Crippen LogP contribution in [-0.2, 0) is 16.1 Å².